The molecule has 0 radical (unpaired) electrons. The van der Waals surface area contributed by atoms with Crippen LogP contribution >= 0.6 is 11.3 Å². The zero-order valence-electron chi connectivity index (χ0n) is 21.2. The number of thiazole rings is 1. The standard InChI is InChI=1S/C26H22F3N7O4S/c1-12-30-8-20(41-12)13-3-2-4-15(5-13)36-26(31-11-32-36)25-24(39)22(23(38)19(10-37)40-25)35-9-18(33-34-35)14-6-16(27)21(29)17(28)7-14/h2-9,11,19,22-25,37-39H,10H2,1H3/t19-,22+,23+,24-,25-/m1/s1. The van der Waals surface area contributed by atoms with E-state index < -0.39 is 54.5 Å². The van der Waals surface area contributed by atoms with E-state index in [-0.39, 0.29) is 17.1 Å². The van der Waals surface area contributed by atoms with Gasteiger partial charge in [0.1, 0.15) is 42.5 Å². The molecule has 0 aliphatic carbocycles. The van der Waals surface area contributed by atoms with E-state index in [4.69, 9.17) is 4.74 Å². The number of aryl methyl sites for hydroxylation is 1. The summed E-state index contributed by atoms with van der Waals surface area (Å²) >= 11 is 1.53. The van der Waals surface area contributed by atoms with Gasteiger partial charge in [-0.25, -0.2) is 32.5 Å². The number of aliphatic hydroxyl groups excluding tert-OH is 3. The van der Waals surface area contributed by atoms with E-state index in [1.54, 1.807) is 12.3 Å². The molecule has 41 heavy (non-hydrogen) atoms. The summed E-state index contributed by atoms with van der Waals surface area (Å²) in [4.78, 5) is 9.55. The Morgan fingerprint density at radius 2 is 1.80 bits per heavy atom. The molecule has 6 rings (SSSR count). The lowest BCUT2D eigenvalue weighted by Crippen LogP contribution is -2.53. The van der Waals surface area contributed by atoms with E-state index >= 15 is 0 Å². The highest BCUT2D eigenvalue weighted by Crippen LogP contribution is 2.38. The van der Waals surface area contributed by atoms with E-state index in [0.29, 0.717) is 5.69 Å². The van der Waals surface area contributed by atoms with Crippen molar-refractivity contribution in [2.75, 3.05) is 6.61 Å². The molecule has 5 aromatic rings. The number of aliphatic hydroxyl groups is 3. The summed E-state index contributed by atoms with van der Waals surface area (Å²) in [6.07, 6.45) is -1.01. The molecule has 1 aliphatic heterocycles. The minimum Gasteiger partial charge on any atom is -0.394 e. The van der Waals surface area contributed by atoms with Gasteiger partial charge in [0.2, 0.25) is 0 Å². The van der Waals surface area contributed by atoms with Gasteiger partial charge in [0.25, 0.3) is 0 Å². The van der Waals surface area contributed by atoms with Crippen molar-refractivity contribution in [3.8, 4) is 27.4 Å². The monoisotopic (exact) mass is 585 g/mol. The van der Waals surface area contributed by atoms with Gasteiger partial charge < -0.3 is 20.1 Å². The first-order valence-electron chi connectivity index (χ1n) is 12.4. The average Bonchev–Trinajstić information content (AvgIpc) is 3.73. The van der Waals surface area contributed by atoms with E-state index in [1.807, 2.05) is 25.1 Å². The molecule has 5 atom stereocenters. The van der Waals surface area contributed by atoms with Crippen molar-refractivity contribution >= 4 is 11.3 Å². The molecule has 0 saturated carbocycles. The first kappa shape index (κ1) is 27.2. The molecular formula is C26H22F3N7O4S. The Morgan fingerprint density at radius 3 is 2.51 bits per heavy atom. The third kappa shape index (κ3) is 4.91. The van der Waals surface area contributed by atoms with Crippen LogP contribution in [0, 0.1) is 24.4 Å². The van der Waals surface area contributed by atoms with Crippen molar-refractivity contribution in [1.29, 1.82) is 0 Å². The zero-order valence-corrected chi connectivity index (χ0v) is 22.0. The van der Waals surface area contributed by atoms with Crippen LogP contribution in [0.4, 0.5) is 13.2 Å². The number of rotatable bonds is 6. The Bertz CT molecular complexity index is 1690. The summed E-state index contributed by atoms with van der Waals surface area (Å²) in [5.74, 6) is -4.25. The van der Waals surface area contributed by atoms with Gasteiger partial charge in [0.15, 0.2) is 23.3 Å². The smallest absolute Gasteiger partial charge is 0.194 e. The Kier molecular flexibility index (Phi) is 7.13. The fourth-order valence-corrected chi connectivity index (χ4v) is 5.59. The van der Waals surface area contributed by atoms with Gasteiger partial charge in [0.05, 0.1) is 28.4 Å². The number of aromatic nitrogens is 7. The molecule has 3 aromatic heterocycles. The van der Waals surface area contributed by atoms with Crippen LogP contribution < -0.4 is 0 Å². The lowest BCUT2D eigenvalue weighted by molar-refractivity contribution is -0.210. The van der Waals surface area contributed by atoms with Gasteiger partial charge in [-0.2, -0.15) is 5.10 Å². The van der Waals surface area contributed by atoms with Crippen molar-refractivity contribution < 1.29 is 33.2 Å². The minimum absolute atomic E-state index is 0.0379. The second-order valence-corrected chi connectivity index (χ2v) is 10.6. The summed E-state index contributed by atoms with van der Waals surface area (Å²) in [7, 11) is 0. The number of hydrogen-bond acceptors (Lipinski definition) is 10. The SMILES string of the molecule is Cc1ncc(-c2cccc(-n3ncnc3[C@@H]3O[C@H](CO)[C@H](O)[C@H](n4cc(-c5cc(F)c(F)c(F)c5)nn4)[C@H]3O)c2)s1. The normalized spacial score (nSPS) is 22.8. The molecular weight excluding hydrogens is 563 g/mol. The van der Waals surface area contributed by atoms with Crippen LogP contribution in [0.2, 0.25) is 0 Å². The fraction of sp³-hybridized carbons (Fsp3) is 0.269. The highest BCUT2D eigenvalue weighted by molar-refractivity contribution is 7.15. The topological polar surface area (TPSA) is 144 Å². The molecule has 0 unspecified atom stereocenters. The Hall–Kier alpha value is -4.02. The van der Waals surface area contributed by atoms with Crippen LogP contribution in [0.15, 0.2) is 55.1 Å². The number of nitrogens with zero attached hydrogens (tertiary/aromatic N) is 7. The van der Waals surface area contributed by atoms with Gasteiger partial charge >= 0.3 is 0 Å². The van der Waals surface area contributed by atoms with E-state index in [2.05, 4.69) is 25.4 Å². The number of ether oxygens (including phenoxy) is 1. The Labute approximate surface area is 234 Å². The minimum atomic E-state index is -1.62. The van der Waals surface area contributed by atoms with Crippen molar-refractivity contribution in [2.45, 2.75) is 37.4 Å². The molecule has 1 aliphatic rings. The second-order valence-electron chi connectivity index (χ2n) is 9.41. The second kappa shape index (κ2) is 10.8. The first-order valence-corrected chi connectivity index (χ1v) is 13.2. The fourth-order valence-electron chi connectivity index (χ4n) is 4.82. The summed E-state index contributed by atoms with van der Waals surface area (Å²) in [6, 6.07) is 7.73. The summed E-state index contributed by atoms with van der Waals surface area (Å²) in [5, 5.41) is 45.4. The van der Waals surface area contributed by atoms with Crippen LogP contribution in [0.5, 0.6) is 0 Å². The van der Waals surface area contributed by atoms with Crippen LogP contribution in [-0.2, 0) is 4.74 Å². The summed E-state index contributed by atoms with van der Waals surface area (Å²) in [6.45, 7) is 1.30. The summed E-state index contributed by atoms with van der Waals surface area (Å²) in [5.41, 5.74) is 1.37. The molecule has 1 saturated heterocycles. The van der Waals surface area contributed by atoms with Gasteiger partial charge in [-0.05, 0) is 36.8 Å². The van der Waals surface area contributed by atoms with Crippen LogP contribution in [-0.4, -0.2) is 75.0 Å². The maximum Gasteiger partial charge on any atom is 0.194 e. The Balaban J connectivity index is 1.35. The van der Waals surface area contributed by atoms with Gasteiger partial charge in [-0.3, -0.25) is 0 Å². The lowest BCUT2D eigenvalue weighted by atomic mass is 9.92. The quantitative estimate of drug-likeness (QED) is 0.256. The molecule has 0 amide bonds. The molecule has 4 heterocycles. The number of halogens is 3. The van der Waals surface area contributed by atoms with E-state index in [0.717, 1.165) is 32.3 Å². The maximum absolute atomic E-state index is 13.8. The molecule has 11 nitrogen and oxygen atoms in total. The highest BCUT2D eigenvalue weighted by atomic mass is 32.1. The molecule has 1 fully saturated rings. The van der Waals surface area contributed by atoms with E-state index in [1.165, 1.54) is 28.5 Å². The molecule has 15 heteroatoms. The first-order chi connectivity index (χ1) is 19.7. The Morgan fingerprint density at radius 1 is 1.02 bits per heavy atom. The maximum atomic E-state index is 13.8. The zero-order chi connectivity index (χ0) is 28.8. The molecule has 3 N–H and O–H groups in total. The molecule has 212 valence electrons. The van der Waals surface area contributed by atoms with Crippen molar-refractivity contribution in [2.24, 2.45) is 0 Å². The van der Waals surface area contributed by atoms with Crippen LogP contribution in [0.25, 0.3) is 27.4 Å². The predicted molar refractivity (Wildman–Crippen MR) is 138 cm³/mol. The predicted octanol–water partition coefficient (Wildman–Crippen LogP) is 2.77. The number of hydrogen-bond donors (Lipinski definition) is 3. The number of benzene rings is 2. The molecule has 0 spiro atoms. The molecule has 2 aromatic carbocycles. The van der Waals surface area contributed by atoms with Gasteiger partial charge in [0, 0.05) is 11.8 Å². The van der Waals surface area contributed by atoms with Gasteiger partial charge in [-0.15, -0.1) is 16.4 Å². The average molecular weight is 586 g/mol. The lowest BCUT2D eigenvalue weighted by Gasteiger charge is -2.41. The van der Waals surface area contributed by atoms with Crippen molar-refractivity contribution in [3.05, 3.63) is 83.4 Å². The largest absolute Gasteiger partial charge is 0.394 e. The van der Waals surface area contributed by atoms with Gasteiger partial charge in [-0.1, -0.05) is 17.3 Å². The molecule has 0 bridgehead atoms. The van der Waals surface area contributed by atoms with Crippen LogP contribution in [0.3, 0.4) is 0 Å². The highest BCUT2D eigenvalue weighted by Gasteiger charge is 2.48. The van der Waals surface area contributed by atoms with Crippen molar-refractivity contribution in [3.63, 3.8) is 0 Å². The van der Waals surface area contributed by atoms with Crippen LogP contribution in [0.1, 0.15) is 23.0 Å². The third-order valence-electron chi connectivity index (χ3n) is 6.81. The van der Waals surface area contributed by atoms with E-state index in [9.17, 15) is 28.5 Å². The van der Waals surface area contributed by atoms with Crippen molar-refractivity contribution in [1.82, 2.24) is 34.7 Å². The third-order valence-corrected chi connectivity index (χ3v) is 7.77. The summed E-state index contributed by atoms with van der Waals surface area (Å²) < 4.78 is 49.5.